The summed E-state index contributed by atoms with van der Waals surface area (Å²) in [4.78, 5) is 13.7. The van der Waals surface area contributed by atoms with Crippen LogP contribution in [0.25, 0.3) is 0 Å². The molecule has 0 aliphatic rings. The van der Waals surface area contributed by atoms with Crippen molar-refractivity contribution in [2.45, 2.75) is 26.5 Å². The smallest absolute Gasteiger partial charge is 0.235 e. The van der Waals surface area contributed by atoms with Crippen molar-refractivity contribution >= 4 is 17.7 Å². The summed E-state index contributed by atoms with van der Waals surface area (Å²) in [5.41, 5.74) is 0.628. The van der Waals surface area contributed by atoms with Crippen molar-refractivity contribution in [1.29, 1.82) is 0 Å². The van der Waals surface area contributed by atoms with Crippen LogP contribution in [0.2, 0.25) is 5.02 Å². The number of rotatable bonds is 5. The summed E-state index contributed by atoms with van der Waals surface area (Å²) in [5.74, 6) is 1.09. The number of methoxy groups -OCH3 is 1. The summed E-state index contributed by atoms with van der Waals surface area (Å²) >= 11 is 6.05. The zero-order chi connectivity index (χ0) is 12.8. The lowest BCUT2D eigenvalue weighted by Gasteiger charge is -2.17. The first kappa shape index (κ1) is 13.6. The van der Waals surface area contributed by atoms with Crippen molar-refractivity contribution < 1.29 is 14.3 Å². The van der Waals surface area contributed by atoms with E-state index in [1.165, 1.54) is 6.08 Å². The van der Waals surface area contributed by atoms with Gasteiger partial charge in [0.05, 0.1) is 19.8 Å². The van der Waals surface area contributed by atoms with E-state index in [1.807, 2.05) is 13.8 Å². The van der Waals surface area contributed by atoms with E-state index in [0.29, 0.717) is 22.1 Å². The van der Waals surface area contributed by atoms with E-state index in [-0.39, 0.29) is 12.6 Å². The Kier molecular flexibility index (Phi) is 5.01. The second kappa shape index (κ2) is 6.28. The molecule has 0 radical (unpaired) electrons. The highest BCUT2D eigenvalue weighted by Gasteiger charge is 2.15. The molecule has 1 rings (SSSR count). The lowest BCUT2D eigenvalue weighted by Crippen LogP contribution is -2.09. The van der Waals surface area contributed by atoms with Crippen LogP contribution >= 0.6 is 11.6 Å². The predicted molar refractivity (Wildman–Crippen MR) is 65.6 cm³/mol. The normalized spacial score (nSPS) is 9.94. The minimum absolute atomic E-state index is 0.0265. The third-order valence-electron chi connectivity index (χ3n) is 2.04. The number of hydrogen-bond donors (Lipinski definition) is 0. The molecule has 0 heterocycles. The lowest BCUT2D eigenvalue weighted by molar-refractivity contribution is 0.228. The van der Waals surface area contributed by atoms with E-state index < -0.39 is 0 Å². The summed E-state index contributed by atoms with van der Waals surface area (Å²) in [5, 5.41) is 0.487. The first-order valence-corrected chi connectivity index (χ1v) is 5.53. The molecule has 0 saturated carbocycles. The topological polar surface area (TPSA) is 47.9 Å². The number of hydrogen-bond acceptors (Lipinski definition) is 4. The number of aliphatic imine (C=N–C) groups is 1. The average Bonchev–Trinajstić information content (AvgIpc) is 2.28. The SMILES string of the molecule is COc1ccc(Cl)c(CN=C=O)c1OC(C)C. The van der Waals surface area contributed by atoms with Crippen LogP contribution in [0.15, 0.2) is 17.1 Å². The maximum Gasteiger partial charge on any atom is 0.235 e. The van der Waals surface area contributed by atoms with Gasteiger partial charge in [0.15, 0.2) is 11.5 Å². The number of carbonyl (C=O) groups excluding carboxylic acids is 1. The van der Waals surface area contributed by atoms with Gasteiger partial charge in [0.25, 0.3) is 0 Å². The van der Waals surface area contributed by atoms with E-state index in [1.54, 1.807) is 19.2 Å². The van der Waals surface area contributed by atoms with Crippen molar-refractivity contribution in [3.8, 4) is 11.5 Å². The van der Waals surface area contributed by atoms with Gasteiger partial charge in [-0.3, -0.25) is 0 Å². The Hall–Kier alpha value is -1.51. The molecular formula is C12H14ClNO3. The Labute approximate surface area is 105 Å². The fraction of sp³-hybridized carbons (Fsp3) is 0.417. The molecular weight excluding hydrogens is 242 g/mol. The maximum atomic E-state index is 10.2. The molecule has 0 spiro atoms. The van der Waals surface area contributed by atoms with Gasteiger partial charge in [-0.05, 0) is 26.0 Å². The zero-order valence-corrected chi connectivity index (χ0v) is 10.7. The van der Waals surface area contributed by atoms with Crippen LogP contribution in [0.4, 0.5) is 0 Å². The van der Waals surface area contributed by atoms with Crippen LogP contribution in [0.1, 0.15) is 19.4 Å². The second-order valence-corrected chi connectivity index (χ2v) is 4.04. The highest BCUT2D eigenvalue weighted by Crippen LogP contribution is 2.37. The third-order valence-corrected chi connectivity index (χ3v) is 2.40. The zero-order valence-electron chi connectivity index (χ0n) is 9.99. The predicted octanol–water partition coefficient (Wildman–Crippen LogP) is 2.97. The largest absolute Gasteiger partial charge is 0.493 e. The molecule has 0 unspecified atom stereocenters. The number of isocyanates is 1. The first-order chi connectivity index (χ1) is 8.10. The molecule has 5 heteroatoms. The third kappa shape index (κ3) is 3.48. The molecule has 0 aliphatic heterocycles. The van der Waals surface area contributed by atoms with E-state index >= 15 is 0 Å². The van der Waals surface area contributed by atoms with Crippen LogP contribution in [0.3, 0.4) is 0 Å². The van der Waals surface area contributed by atoms with Gasteiger partial charge in [0.1, 0.15) is 0 Å². The van der Waals surface area contributed by atoms with Crippen molar-refractivity contribution in [2.75, 3.05) is 7.11 Å². The van der Waals surface area contributed by atoms with Gasteiger partial charge in [0.2, 0.25) is 6.08 Å². The second-order valence-electron chi connectivity index (χ2n) is 3.63. The molecule has 0 aromatic heterocycles. The van der Waals surface area contributed by atoms with Crippen LogP contribution in [-0.2, 0) is 11.3 Å². The summed E-state index contributed by atoms with van der Waals surface area (Å²) in [6, 6.07) is 3.40. The Morgan fingerprint density at radius 2 is 2.18 bits per heavy atom. The minimum atomic E-state index is -0.0265. The van der Waals surface area contributed by atoms with Gasteiger partial charge in [-0.2, -0.15) is 0 Å². The molecule has 1 aromatic carbocycles. The van der Waals surface area contributed by atoms with Crippen molar-refractivity contribution in [3.63, 3.8) is 0 Å². The van der Waals surface area contributed by atoms with Gasteiger partial charge in [-0.1, -0.05) is 11.6 Å². The van der Waals surface area contributed by atoms with Crippen molar-refractivity contribution in [2.24, 2.45) is 4.99 Å². The molecule has 92 valence electrons. The van der Waals surface area contributed by atoms with E-state index in [4.69, 9.17) is 21.1 Å². The van der Waals surface area contributed by atoms with Crippen LogP contribution in [0, 0.1) is 0 Å². The summed E-state index contributed by atoms with van der Waals surface area (Å²) < 4.78 is 10.8. The maximum absolute atomic E-state index is 10.2. The molecule has 0 amide bonds. The molecule has 0 saturated heterocycles. The van der Waals surface area contributed by atoms with Crippen molar-refractivity contribution in [1.82, 2.24) is 0 Å². The van der Waals surface area contributed by atoms with Crippen LogP contribution in [0.5, 0.6) is 11.5 Å². The molecule has 0 N–H and O–H groups in total. The first-order valence-electron chi connectivity index (χ1n) is 5.15. The molecule has 0 bridgehead atoms. The molecule has 1 aromatic rings. The Morgan fingerprint density at radius 1 is 1.47 bits per heavy atom. The summed E-state index contributed by atoms with van der Waals surface area (Å²) in [7, 11) is 1.54. The standard InChI is InChI=1S/C12H14ClNO3/c1-8(2)17-12-9(6-14-7-15)10(13)4-5-11(12)16-3/h4-5,8H,6H2,1-3H3. The fourth-order valence-corrected chi connectivity index (χ4v) is 1.58. The molecule has 0 fully saturated rings. The highest BCUT2D eigenvalue weighted by atomic mass is 35.5. The van der Waals surface area contributed by atoms with Crippen LogP contribution < -0.4 is 9.47 Å². The average molecular weight is 256 g/mol. The molecule has 4 nitrogen and oxygen atoms in total. The molecule has 0 atom stereocenters. The van der Waals surface area contributed by atoms with Crippen LogP contribution in [-0.4, -0.2) is 19.3 Å². The van der Waals surface area contributed by atoms with Gasteiger partial charge >= 0.3 is 0 Å². The summed E-state index contributed by atoms with van der Waals surface area (Å²) in [6.07, 6.45) is 1.45. The Bertz CT molecular complexity index is 440. The van der Waals surface area contributed by atoms with E-state index in [9.17, 15) is 4.79 Å². The Balaban J connectivity index is 3.25. The van der Waals surface area contributed by atoms with Gasteiger partial charge < -0.3 is 9.47 Å². The number of benzene rings is 1. The van der Waals surface area contributed by atoms with Gasteiger partial charge in [-0.15, -0.1) is 0 Å². The van der Waals surface area contributed by atoms with E-state index in [0.717, 1.165) is 0 Å². The monoisotopic (exact) mass is 255 g/mol. The number of halogens is 1. The number of nitrogens with zero attached hydrogens (tertiary/aromatic N) is 1. The highest BCUT2D eigenvalue weighted by molar-refractivity contribution is 6.31. The van der Waals surface area contributed by atoms with Gasteiger partial charge in [-0.25, -0.2) is 9.79 Å². The number of ether oxygens (including phenoxy) is 2. The minimum Gasteiger partial charge on any atom is -0.493 e. The fourth-order valence-electron chi connectivity index (χ4n) is 1.37. The molecule has 0 aliphatic carbocycles. The Morgan fingerprint density at radius 3 is 2.71 bits per heavy atom. The summed E-state index contributed by atoms with van der Waals surface area (Å²) in [6.45, 7) is 3.92. The molecule has 17 heavy (non-hydrogen) atoms. The van der Waals surface area contributed by atoms with E-state index in [2.05, 4.69) is 4.99 Å². The van der Waals surface area contributed by atoms with Gasteiger partial charge in [0, 0.05) is 10.6 Å². The lowest BCUT2D eigenvalue weighted by atomic mass is 10.2. The van der Waals surface area contributed by atoms with Crippen molar-refractivity contribution in [3.05, 3.63) is 22.7 Å². The quantitative estimate of drug-likeness (QED) is 0.600.